The van der Waals surface area contributed by atoms with Crippen LogP contribution in [0.15, 0.2) is 48.7 Å². The van der Waals surface area contributed by atoms with E-state index in [0.717, 1.165) is 43.9 Å². The van der Waals surface area contributed by atoms with Gasteiger partial charge in [-0.2, -0.15) is 0 Å². The number of likely N-dealkylation sites (tertiary alicyclic amines) is 1. The number of pyridine rings is 1. The third-order valence-corrected chi connectivity index (χ3v) is 5.55. The van der Waals surface area contributed by atoms with Crippen LogP contribution in [0.25, 0.3) is 0 Å². The normalized spacial score (nSPS) is 18.8. The molecule has 1 saturated heterocycles. The van der Waals surface area contributed by atoms with Gasteiger partial charge in [0.05, 0.1) is 18.8 Å². The van der Waals surface area contributed by atoms with Gasteiger partial charge in [-0.05, 0) is 55.1 Å². The highest BCUT2D eigenvalue weighted by Crippen LogP contribution is 2.31. The Morgan fingerprint density at radius 3 is 2.62 bits per heavy atom. The van der Waals surface area contributed by atoms with E-state index in [4.69, 9.17) is 4.74 Å². The van der Waals surface area contributed by atoms with Crippen LogP contribution >= 0.6 is 0 Å². The van der Waals surface area contributed by atoms with Crippen molar-refractivity contribution in [3.8, 4) is 5.75 Å². The Morgan fingerprint density at radius 1 is 1.24 bits per heavy atom. The van der Waals surface area contributed by atoms with Gasteiger partial charge in [0.1, 0.15) is 5.75 Å². The van der Waals surface area contributed by atoms with Gasteiger partial charge in [-0.15, -0.1) is 0 Å². The van der Waals surface area contributed by atoms with E-state index in [2.05, 4.69) is 27.3 Å². The van der Waals surface area contributed by atoms with Crippen molar-refractivity contribution in [3.05, 3.63) is 59.9 Å². The number of ether oxygens (including phenoxy) is 1. The SMILES string of the molecule is COc1ccc(CN2CCCC(C(NC(=O)C(C)(C)C)c3ccccn3)C2)cc1. The molecule has 2 heterocycles. The Hall–Kier alpha value is -2.40. The lowest BCUT2D eigenvalue weighted by molar-refractivity contribution is -0.130. The van der Waals surface area contributed by atoms with Gasteiger partial charge in [-0.3, -0.25) is 14.7 Å². The molecule has 3 rings (SSSR count). The first-order valence-corrected chi connectivity index (χ1v) is 10.4. The van der Waals surface area contributed by atoms with E-state index in [9.17, 15) is 4.79 Å². The molecule has 2 unspecified atom stereocenters. The lowest BCUT2D eigenvalue weighted by Gasteiger charge is -2.38. The van der Waals surface area contributed by atoms with Crippen LogP contribution in [-0.2, 0) is 11.3 Å². The Balaban J connectivity index is 1.73. The van der Waals surface area contributed by atoms with Gasteiger partial charge in [0.2, 0.25) is 5.91 Å². The number of carbonyl (C=O) groups is 1. The maximum Gasteiger partial charge on any atom is 0.225 e. The number of aromatic nitrogens is 1. The molecule has 1 aliphatic rings. The summed E-state index contributed by atoms with van der Waals surface area (Å²) in [6.45, 7) is 8.78. The highest BCUT2D eigenvalue weighted by molar-refractivity contribution is 5.81. The van der Waals surface area contributed by atoms with Gasteiger partial charge in [0.25, 0.3) is 0 Å². The molecule has 1 aromatic carbocycles. The fourth-order valence-corrected chi connectivity index (χ4v) is 3.85. The van der Waals surface area contributed by atoms with E-state index in [1.54, 1.807) is 7.11 Å². The third-order valence-electron chi connectivity index (χ3n) is 5.55. The highest BCUT2D eigenvalue weighted by atomic mass is 16.5. The minimum absolute atomic E-state index is 0.0680. The first-order valence-electron chi connectivity index (χ1n) is 10.4. The maximum absolute atomic E-state index is 12.8. The van der Waals surface area contributed by atoms with Crippen LogP contribution < -0.4 is 10.1 Å². The molecule has 1 N–H and O–H groups in total. The Bertz CT molecular complexity index is 784. The van der Waals surface area contributed by atoms with Crippen molar-refractivity contribution in [1.29, 1.82) is 0 Å². The zero-order chi connectivity index (χ0) is 20.9. The topological polar surface area (TPSA) is 54.5 Å². The van der Waals surface area contributed by atoms with Crippen molar-refractivity contribution in [1.82, 2.24) is 15.2 Å². The molecule has 156 valence electrons. The number of nitrogens with one attached hydrogen (secondary N) is 1. The molecule has 1 aromatic heterocycles. The van der Waals surface area contributed by atoms with E-state index in [-0.39, 0.29) is 11.9 Å². The summed E-state index contributed by atoms with van der Waals surface area (Å²) in [6.07, 6.45) is 4.02. The second-order valence-electron chi connectivity index (χ2n) is 8.94. The number of nitrogens with zero attached hydrogens (tertiary/aromatic N) is 2. The fraction of sp³-hybridized carbons (Fsp3) is 0.500. The number of hydrogen-bond donors (Lipinski definition) is 1. The van der Waals surface area contributed by atoms with Crippen LogP contribution in [0.3, 0.4) is 0 Å². The highest BCUT2D eigenvalue weighted by Gasteiger charge is 2.33. The quantitative estimate of drug-likeness (QED) is 0.796. The predicted octanol–water partition coefficient (Wildman–Crippen LogP) is 4.21. The van der Waals surface area contributed by atoms with Crippen LogP contribution in [-0.4, -0.2) is 36.0 Å². The molecular weight excluding hydrogens is 362 g/mol. The number of carbonyl (C=O) groups excluding carboxylic acids is 1. The first kappa shape index (κ1) is 21.3. The van der Waals surface area contributed by atoms with Gasteiger partial charge >= 0.3 is 0 Å². The number of methoxy groups -OCH3 is 1. The lowest BCUT2D eigenvalue weighted by atomic mass is 9.86. The molecule has 1 amide bonds. The largest absolute Gasteiger partial charge is 0.497 e. The summed E-state index contributed by atoms with van der Waals surface area (Å²) in [6, 6.07) is 14.1. The molecule has 5 heteroatoms. The maximum atomic E-state index is 12.8. The van der Waals surface area contributed by atoms with Crippen molar-refractivity contribution in [3.63, 3.8) is 0 Å². The molecule has 1 fully saturated rings. The number of rotatable bonds is 6. The number of amides is 1. The van der Waals surface area contributed by atoms with E-state index >= 15 is 0 Å². The van der Waals surface area contributed by atoms with Crippen LogP contribution in [0.4, 0.5) is 0 Å². The second-order valence-corrected chi connectivity index (χ2v) is 8.94. The second kappa shape index (κ2) is 9.40. The molecule has 1 aliphatic heterocycles. The average molecular weight is 396 g/mol. The molecule has 29 heavy (non-hydrogen) atoms. The zero-order valence-electron chi connectivity index (χ0n) is 18.0. The molecule has 0 spiro atoms. The van der Waals surface area contributed by atoms with Gasteiger partial charge in [-0.1, -0.05) is 39.0 Å². The van der Waals surface area contributed by atoms with E-state index in [1.165, 1.54) is 5.56 Å². The summed E-state index contributed by atoms with van der Waals surface area (Å²) in [4.78, 5) is 19.8. The van der Waals surface area contributed by atoms with Crippen molar-refractivity contribution in [2.75, 3.05) is 20.2 Å². The van der Waals surface area contributed by atoms with E-state index < -0.39 is 5.41 Å². The predicted molar refractivity (Wildman–Crippen MR) is 116 cm³/mol. The molecule has 5 nitrogen and oxygen atoms in total. The van der Waals surface area contributed by atoms with Gasteiger partial charge < -0.3 is 10.1 Å². The van der Waals surface area contributed by atoms with Crippen molar-refractivity contribution >= 4 is 5.91 Å². The molecule has 0 aliphatic carbocycles. The van der Waals surface area contributed by atoms with Crippen molar-refractivity contribution in [2.24, 2.45) is 11.3 Å². The standard InChI is InChI=1S/C24H33N3O2/c1-24(2,3)23(28)26-22(21-9-5-6-14-25-21)19-8-7-15-27(17-19)16-18-10-12-20(29-4)13-11-18/h5-6,9-14,19,22H,7-8,15-17H2,1-4H3,(H,26,28). The summed E-state index contributed by atoms with van der Waals surface area (Å²) in [5.74, 6) is 1.29. The van der Waals surface area contributed by atoms with Gasteiger partial charge in [0.15, 0.2) is 0 Å². The summed E-state index contributed by atoms with van der Waals surface area (Å²) in [5.41, 5.74) is 1.80. The molecule has 0 radical (unpaired) electrons. The molecular formula is C24H33N3O2. The lowest BCUT2D eigenvalue weighted by Crippen LogP contribution is -2.45. The van der Waals surface area contributed by atoms with Crippen LogP contribution in [0.2, 0.25) is 0 Å². The monoisotopic (exact) mass is 395 g/mol. The van der Waals surface area contributed by atoms with E-state index in [0.29, 0.717) is 5.92 Å². The van der Waals surface area contributed by atoms with Gasteiger partial charge in [0, 0.05) is 24.7 Å². The smallest absolute Gasteiger partial charge is 0.225 e. The molecule has 2 atom stereocenters. The number of hydrogen-bond acceptors (Lipinski definition) is 4. The summed E-state index contributed by atoms with van der Waals surface area (Å²) in [5, 5.41) is 3.30. The van der Waals surface area contributed by atoms with Crippen LogP contribution in [0.1, 0.15) is 50.9 Å². The summed E-state index contributed by atoms with van der Waals surface area (Å²) in [7, 11) is 1.69. The van der Waals surface area contributed by atoms with Crippen LogP contribution in [0.5, 0.6) is 5.75 Å². The van der Waals surface area contributed by atoms with Crippen molar-refractivity contribution in [2.45, 2.75) is 46.2 Å². The third kappa shape index (κ3) is 5.80. The Morgan fingerprint density at radius 2 is 2.00 bits per heavy atom. The summed E-state index contributed by atoms with van der Waals surface area (Å²) < 4.78 is 5.26. The number of piperidine rings is 1. The molecule has 0 bridgehead atoms. The minimum Gasteiger partial charge on any atom is -0.497 e. The Labute approximate surface area is 174 Å². The molecule has 2 aromatic rings. The van der Waals surface area contributed by atoms with Crippen molar-refractivity contribution < 1.29 is 9.53 Å². The fourth-order valence-electron chi connectivity index (χ4n) is 3.85. The zero-order valence-corrected chi connectivity index (χ0v) is 18.0. The summed E-state index contributed by atoms with van der Waals surface area (Å²) >= 11 is 0. The number of benzene rings is 1. The molecule has 0 saturated carbocycles. The van der Waals surface area contributed by atoms with E-state index in [1.807, 2.05) is 57.3 Å². The minimum atomic E-state index is -0.426. The van der Waals surface area contributed by atoms with Gasteiger partial charge in [-0.25, -0.2) is 0 Å². The average Bonchev–Trinajstić information content (AvgIpc) is 2.72. The Kier molecular flexibility index (Phi) is 6.91. The first-order chi connectivity index (χ1) is 13.9. The van der Waals surface area contributed by atoms with Crippen LogP contribution in [0, 0.1) is 11.3 Å².